The second-order valence-electron chi connectivity index (χ2n) is 4.80. The first-order chi connectivity index (χ1) is 7.66. The van der Waals surface area contributed by atoms with E-state index in [1.165, 1.54) is 11.3 Å². The average molecular weight is 283 g/mol. The largest absolute Gasteiger partial charge is 0.385 e. The minimum atomic E-state index is 0.496. The lowest BCUT2D eigenvalue weighted by atomic mass is 9.97. The predicted octanol–water partition coefficient (Wildman–Crippen LogP) is 3.55. The summed E-state index contributed by atoms with van der Waals surface area (Å²) in [5.41, 5.74) is 2.66. The Morgan fingerprint density at radius 2 is 2.31 bits per heavy atom. The van der Waals surface area contributed by atoms with E-state index in [-0.39, 0.29) is 0 Å². The molecule has 0 fully saturated rings. The molecule has 0 aliphatic carbocycles. The van der Waals surface area contributed by atoms with E-state index < -0.39 is 0 Å². The molecule has 2 N–H and O–H groups in total. The zero-order chi connectivity index (χ0) is 11.5. The van der Waals surface area contributed by atoms with Gasteiger partial charge in [0.25, 0.3) is 0 Å². The molecule has 0 aromatic heterocycles. The number of fused-ring (bicyclic) bond motifs is 1. The van der Waals surface area contributed by atoms with Gasteiger partial charge in [-0.05, 0) is 42.6 Å². The maximum atomic E-state index is 3.64. The Kier molecular flexibility index (Phi) is 3.87. The van der Waals surface area contributed by atoms with Crippen molar-refractivity contribution in [2.75, 3.05) is 18.4 Å². The molecule has 3 heteroatoms. The van der Waals surface area contributed by atoms with Gasteiger partial charge in [-0.2, -0.15) is 0 Å². The second-order valence-corrected chi connectivity index (χ2v) is 5.72. The Labute approximate surface area is 106 Å². The fourth-order valence-electron chi connectivity index (χ4n) is 2.08. The van der Waals surface area contributed by atoms with Crippen LogP contribution in [0.4, 0.5) is 5.69 Å². The molecule has 0 spiro atoms. The van der Waals surface area contributed by atoms with E-state index in [4.69, 9.17) is 0 Å². The molecule has 0 saturated carbocycles. The van der Waals surface area contributed by atoms with Gasteiger partial charge >= 0.3 is 0 Å². The van der Waals surface area contributed by atoms with Gasteiger partial charge in [0.2, 0.25) is 0 Å². The smallest absolute Gasteiger partial charge is 0.0389 e. The summed E-state index contributed by atoms with van der Waals surface area (Å²) in [6, 6.07) is 6.97. The zero-order valence-electron chi connectivity index (χ0n) is 9.89. The van der Waals surface area contributed by atoms with Crippen molar-refractivity contribution >= 4 is 21.6 Å². The maximum absolute atomic E-state index is 3.64. The molecule has 1 heterocycles. The highest BCUT2D eigenvalue weighted by Crippen LogP contribution is 2.32. The number of anilines is 1. The molecular weight excluding hydrogens is 264 g/mol. The fourth-order valence-corrected chi connectivity index (χ4v) is 2.46. The van der Waals surface area contributed by atoms with E-state index in [9.17, 15) is 0 Å². The molecule has 1 aliphatic rings. The third-order valence-electron chi connectivity index (χ3n) is 2.91. The van der Waals surface area contributed by atoms with E-state index in [0.717, 1.165) is 24.0 Å². The van der Waals surface area contributed by atoms with Gasteiger partial charge < -0.3 is 10.6 Å². The first-order valence-electron chi connectivity index (χ1n) is 5.93. The molecule has 1 aliphatic heterocycles. The van der Waals surface area contributed by atoms with Crippen LogP contribution in [0.2, 0.25) is 0 Å². The summed E-state index contributed by atoms with van der Waals surface area (Å²) in [7, 11) is 0. The molecule has 2 nitrogen and oxygen atoms in total. The summed E-state index contributed by atoms with van der Waals surface area (Å²) in [5, 5.41) is 7.09. The molecule has 1 atom stereocenters. The highest BCUT2D eigenvalue weighted by atomic mass is 79.9. The molecule has 0 bridgehead atoms. The number of hydrogen-bond donors (Lipinski definition) is 2. The molecule has 0 amide bonds. The van der Waals surface area contributed by atoms with Crippen molar-refractivity contribution in [3.8, 4) is 0 Å². The first kappa shape index (κ1) is 11.9. The number of rotatable bonds is 3. The van der Waals surface area contributed by atoms with Crippen molar-refractivity contribution in [3.63, 3.8) is 0 Å². The third kappa shape index (κ3) is 2.77. The Morgan fingerprint density at radius 3 is 3.06 bits per heavy atom. The van der Waals surface area contributed by atoms with Gasteiger partial charge in [-0.1, -0.05) is 29.8 Å². The minimum absolute atomic E-state index is 0.496. The first-order valence-corrected chi connectivity index (χ1v) is 6.73. The number of halogens is 1. The average Bonchev–Trinajstić information content (AvgIpc) is 2.26. The molecule has 16 heavy (non-hydrogen) atoms. The lowest BCUT2D eigenvalue weighted by Gasteiger charge is -2.28. The second kappa shape index (κ2) is 5.19. The van der Waals surface area contributed by atoms with Gasteiger partial charge in [-0.15, -0.1) is 0 Å². The van der Waals surface area contributed by atoms with E-state index in [1.807, 2.05) is 0 Å². The Bertz CT molecular complexity index is 363. The van der Waals surface area contributed by atoms with Crippen molar-refractivity contribution < 1.29 is 0 Å². The lowest BCUT2D eigenvalue weighted by molar-refractivity contribution is 0.453. The molecule has 1 unspecified atom stereocenters. The van der Waals surface area contributed by atoms with Gasteiger partial charge in [-0.25, -0.2) is 0 Å². The standard InChI is InChI=1S/C13H19BrN2/c1-9(2)8-16-13-5-6-15-12-4-3-10(14)7-11(12)13/h3-4,7,9,13,15-16H,5-6,8H2,1-2H3. The van der Waals surface area contributed by atoms with Crippen molar-refractivity contribution in [1.82, 2.24) is 5.32 Å². The van der Waals surface area contributed by atoms with E-state index >= 15 is 0 Å². The topological polar surface area (TPSA) is 24.1 Å². The molecule has 0 radical (unpaired) electrons. The fraction of sp³-hybridized carbons (Fsp3) is 0.538. The summed E-state index contributed by atoms with van der Waals surface area (Å²) < 4.78 is 1.16. The molecular formula is C13H19BrN2. The summed E-state index contributed by atoms with van der Waals surface area (Å²) in [5.74, 6) is 0.700. The monoisotopic (exact) mass is 282 g/mol. The number of nitrogens with one attached hydrogen (secondary N) is 2. The Morgan fingerprint density at radius 1 is 1.50 bits per heavy atom. The Balaban J connectivity index is 2.15. The molecule has 1 aromatic carbocycles. The van der Waals surface area contributed by atoms with Crippen molar-refractivity contribution in [1.29, 1.82) is 0 Å². The zero-order valence-corrected chi connectivity index (χ0v) is 11.5. The van der Waals surface area contributed by atoms with Crippen LogP contribution in [0.15, 0.2) is 22.7 Å². The van der Waals surface area contributed by atoms with Gasteiger partial charge in [0.15, 0.2) is 0 Å². The highest BCUT2D eigenvalue weighted by molar-refractivity contribution is 9.10. The summed E-state index contributed by atoms with van der Waals surface area (Å²) >= 11 is 3.54. The van der Waals surface area contributed by atoms with Crippen LogP contribution in [0.3, 0.4) is 0 Å². The molecule has 0 saturated heterocycles. The van der Waals surface area contributed by atoms with Crippen LogP contribution in [0, 0.1) is 5.92 Å². The SMILES string of the molecule is CC(C)CNC1CCNc2ccc(Br)cc21. The maximum Gasteiger partial charge on any atom is 0.0389 e. The predicted molar refractivity (Wildman–Crippen MR) is 72.8 cm³/mol. The van der Waals surface area contributed by atoms with Crippen LogP contribution in [0.25, 0.3) is 0 Å². The van der Waals surface area contributed by atoms with Crippen LogP contribution in [0.5, 0.6) is 0 Å². The van der Waals surface area contributed by atoms with Crippen molar-refractivity contribution in [2.24, 2.45) is 5.92 Å². The third-order valence-corrected chi connectivity index (χ3v) is 3.40. The summed E-state index contributed by atoms with van der Waals surface area (Å²) in [6.07, 6.45) is 1.16. The van der Waals surface area contributed by atoms with Crippen LogP contribution in [-0.2, 0) is 0 Å². The van der Waals surface area contributed by atoms with Gasteiger partial charge in [0.05, 0.1) is 0 Å². The lowest BCUT2D eigenvalue weighted by Crippen LogP contribution is -2.30. The number of benzene rings is 1. The summed E-state index contributed by atoms with van der Waals surface area (Å²) in [4.78, 5) is 0. The molecule has 1 aromatic rings. The van der Waals surface area contributed by atoms with Crippen molar-refractivity contribution in [2.45, 2.75) is 26.3 Å². The number of hydrogen-bond acceptors (Lipinski definition) is 2. The van der Waals surface area contributed by atoms with Gasteiger partial charge in [0.1, 0.15) is 0 Å². The Hall–Kier alpha value is -0.540. The normalized spacial score (nSPS) is 19.4. The minimum Gasteiger partial charge on any atom is -0.385 e. The molecule has 88 valence electrons. The quantitative estimate of drug-likeness (QED) is 0.886. The van der Waals surface area contributed by atoms with Gasteiger partial charge in [0, 0.05) is 22.7 Å². The van der Waals surface area contributed by atoms with Crippen LogP contribution >= 0.6 is 15.9 Å². The molecule has 2 rings (SSSR count). The van der Waals surface area contributed by atoms with Crippen LogP contribution in [0.1, 0.15) is 31.9 Å². The van der Waals surface area contributed by atoms with Gasteiger partial charge in [-0.3, -0.25) is 0 Å². The van der Waals surface area contributed by atoms with E-state index in [0.29, 0.717) is 12.0 Å². The van der Waals surface area contributed by atoms with E-state index in [1.54, 1.807) is 0 Å². The summed E-state index contributed by atoms with van der Waals surface area (Å²) in [6.45, 7) is 6.63. The van der Waals surface area contributed by atoms with Crippen LogP contribution < -0.4 is 10.6 Å². The highest BCUT2D eigenvalue weighted by Gasteiger charge is 2.19. The van der Waals surface area contributed by atoms with Crippen LogP contribution in [-0.4, -0.2) is 13.1 Å². The van der Waals surface area contributed by atoms with Crippen molar-refractivity contribution in [3.05, 3.63) is 28.2 Å². The van der Waals surface area contributed by atoms with E-state index in [2.05, 4.69) is 58.6 Å².